The van der Waals surface area contributed by atoms with Crippen molar-refractivity contribution in [2.75, 3.05) is 7.05 Å². The molecule has 0 saturated heterocycles. The van der Waals surface area contributed by atoms with Crippen LogP contribution in [0.5, 0.6) is 0 Å². The number of hydrogen-bond donors (Lipinski definition) is 1. The van der Waals surface area contributed by atoms with Crippen LogP contribution in [0.15, 0.2) is 39.8 Å². The van der Waals surface area contributed by atoms with Gasteiger partial charge in [0.05, 0.1) is 12.5 Å². The molecule has 2 aromatic heterocycles. The van der Waals surface area contributed by atoms with Crippen LogP contribution < -0.4 is 5.32 Å². The maximum atomic E-state index is 5.05. The maximum Gasteiger partial charge on any atom is 0.0935 e. The lowest BCUT2D eigenvalue weighted by Crippen LogP contribution is -2.17. The van der Waals surface area contributed by atoms with E-state index in [9.17, 15) is 0 Å². The van der Waals surface area contributed by atoms with Crippen molar-refractivity contribution < 1.29 is 4.42 Å². The van der Waals surface area contributed by atoms with Crippen LogP contribution in [0.4, 0.5) is 0 Å². The number of nitrogens with one attached hydrogen (secondary N) is 1. The Labute approximate surface area is 87.6 Å². The van der Waals surface area contributed by atoms with Gasteiger partial charge in [-0.1, -0.05) is 0 Å². The number of likely N-dealkylation sites (N-methyl/N-ethyl adjacent to an activating group) is 1. The summed E-state index contributed by atoms with van der Waals surface area (Å²) in [5, 5.41) is 7.60. The SMILES string of the molecule is CNC(Cc1ccoc1)c1ccsc1. The summed E-state index contributed by atoms with van der Waals surface area (Å²) >= 11 is 1.73. The van der Waals surface area contributed by atoms with Crippen LogP contribution in [0.2, 0.25) is 0 Å². The highest BCUT2D eigenvalue weighted by Gasteiger charge is 2.10. The van der Waals surface area contributed by atoms with Crippen molar-refractivity contribution >= 4 is 11.3 Å². The molecule has 0 spiro atoms. The third kappa shape index (κ3) is 2.05. The Morgan fingerprint density at radius 2 is 2.43 bits per heavy atom. The van der Waals surface area contributed by atoms with Crippen LogP contribution in [0.1, 0.15) is 17.2 Å². The normalized spacial score (nSPS) is 12.9. The van der Waals surface area contributed by atoms with Gasteiger partial charge in [0.2, 0.25) is 0 Å². The van der Waals surface area contributed by atoms with Gasteiger partial charge in [0.25, 0.3) is 0 Å². The molecule has 2 rings (SSSR count). The zero-order valence-electron chi connectivity index (χ0n) is 8.07. The van der Waals surface area contributed by atoms with Crippen LogP contribution >= 0.6 is 11.3 Å². The standard InChI is InChI=1S/C11H13NOS/c1-12-11(10-3-5-14-8-10)6-9-2-4-13-7-9/h2-5,7-8,11-12H,6H2,1H3. The van der Waals surface area contributed by atoms with E-state index in [-0.39, 0.29) is 0 Å². The van der Waals surface area contributed by atoms with E-state index in [1.807, 2.05) is 13.1 Å². The van der Waals surface area contributed by atoms with Crippen molar-refractivity contribution in [3.63, 3.8) is 0 Å². The first-order chi connectivity index (χ1) is 6.90. The summed E-state index contributed by atoms with van der Waals surface area (Å²) in [6, 6.07) is 4.56. The summed E-state index contributed by atoms with van der Waals surface area (Å²) in [4.78, 5) is 0. The zero-order chi connectivity index (χ0) is 9.80. The van der Waals surface area contributed by atoms with Crippen LogP contribution in [0.25, 0.3) is 0 Å². The van der Waals surface area contributed by atoms with E-state index in [0.717, 1.165) is 6.42 Å². The van der Waals surface area contributed by atoms with Crippen LogP contribution in [0.3, 0.4) is 0 Å². The number of rotatable bonds is 4. The Bertz CT molecular complexity index is 353. The maximum absolute atomic E-state index is 5.05. The van der Waals surface area contributed by atoms with Crippen molar-refractivity contribution in [1.82, 2.24) is 5.32 Å². The van der Waals surface area contributed by atoms with E-state index in [0.29, 0.717) is 6.04 Å². The third-order valence-electron chi connectivity index (χ3n) is 2.31. The predicted molar refractivity (Wildman–Crippen MR) is 58.5 cm³/mol. The van der Waals surface area contributed by atoms with Crippen molar-refractivity contribution in [3.05, 3.63) is 46.5 Å². The molecular formula is C11H13NOS. The second-order valence-corrected chi connectivity index (χ2v) is 4.01. The lowest BCUT2D eigenvalue weighted by atomic mass is 10.0. The quantitative estimate of drug-likeness (QED) is 0.834. The molecule has 1 unspecified atom stereocenters. The van der Waals surface area contributed by atoms with Crippen molar-refractivity contribution in [3.8, 4) is 0 Å². The van der Waals surface area contributed by atoms with Gasteiger partial charge in [0.1, 0.15) is 0 Å². The van der Waals surface area contributed by atoms with Gasteiger partial charge in [-0.05, 0) is 47.5 Å². The van der Waals surface area contributed by atoms with Gasteiger partial charge in [0.15, 0.2) is 0 Å². The number of thiophene rings is 1. The fraction of sp³-hybridized carbons (Fsp3) is 0.273. The topological polar surface area (TPSA) is 25.2 Å². The highest BCUT2D eigenvalue weighted by Crippen LogP contribution is 2.20. The van der Waals surface area contributed by atoms with Crippen molar-refractivity contribution in [2.24, 2.45) is 0 Å². The smallest absolute Gasteiger partial charge is 0.0935 e. The second-order valence-electron chi connectivity index (χ2n) is 3.23. The van der Waals surface area contributed by atoms with Crippen LogP contribution in [-0.2, 0) is 6.42 Å². The molecule has 0 aliphatic carbocycles. The highest BCUT2D eigenvalue weighted by molar-refractivity contribution is 7.07. The zero-order valence-corrected chi connectivity index (χ0v) is 8.88. The summed E-state index contributed by atoms with van der Waals surface area (Å²) in [6.07, 6.45) is 4.50. The van der Waals surface area contributed by atoms with E-state index in [1.54, 1.807) is 23.9 Å². The van der Waals surface area contributed by atoms with E-state index in [2.05, 4.69) is 22.1 Å². The van der Waals surface area contributed by atoms with Crippen LogP contribution in [-0.4, -0.2) is 7.05 Å². The third-order valence-corrected chi connectivity index (χ3v) is 3.02. The number of hydrogen-bond acceptors (Lipinski definition) is 3. The minimum absolute atomic E-state index is 0.388. The molecule has 0 amide bonds. The molecule has 0 saturated carbocycles. The Kier molecular flexibility index (Phi) is 3.01. The molecule has 0 aliphatic heterocycles. The second kappa shape index (κ2) is 4.44. The molecule has 0 aliphatic rings. The molecule has 3 heteroatoms. The Morgan fingerprint density at radius 1 is 1.50 bits per heavy atom. The fourth-order valence-corrected chi connectivity index (χ4v) is 2.22. The fourth-order valence-electron chi connectivity index (χ4n) is 1.50. The lowest BCUT2D eigenvalue weighted by molar-refractivity contribution is 0.552. The minimum Gasteiger partial charge on any atom is -0.472 e. The molecule has 0 fully saturated rings. The summed E-state index contributed by atoms with van der Waals surface area (Å²) in [5.74, 6) is 0. The van der Waals surface area contributed by atoms with Crippen LogP contribution in [0, 0.1) is 0 Å². The van der Waals surface area contributed by atoms with Gasteiger partial charge >= 0.3 is 0 Å². The van der Waals surface area contributed by atoms with Crippen molar-refractivity contribution in [1.29, 1.82) is 0 Å². The molecule has 2 nitrogen and oxygen atoms in total. The molecular weight excluding hydrogens is 194 g/mol. The highest BCUT2D eigenvalue weighted by atomic mass is 32.1. The summed E-state index contributed by atoms with van der Waals surface area (Å²) in [6.45, 7) is 0. The van der Waals surface area contributed by atoms with Gasteiger partial charge in [-0.3, -0.25) is 0 Å². The molecule has 74 valence electrons. The summed E-state index contributed by atoms with van der Waals surface area (Å²) in [5.41, 5.74) is 2.58. The molecule has 2 aromatic rings. The van der Waals surface area contributed by atoms with Crippen molar-refractivity contribution in [2.45, 2.75) is 12.5 Å². The van der Waals surface area contributed by atoms with E-state index >= 15 is 0 Å². The predicted octanol–water partition coefficient (Wildman–Crippen LogP) is 2.84. The molecule has 2 heterocycles. The van der Waals surface area contributed by atoms with E-state index in [1.165, 1.54) is 11.1 Å². The molecule has 0 aromatic carbocycles. The van der Waals surface area contributed by atoms with Gasteiger partial charge in [-0.2, -0.15) is 11.3 Å². The molecule has 14 heavy (non-hydrogen) atoms. The first-order valence-electron chi connectivity index (χ1n) is 4.60. The van der Waals surface area contributed by atoms with E-state index in [4.69, 9.17) is 4.42 Å². The van der Waals surface area contributed by atoms with Gasteiger partial charge in [-0.25, -0.2) is 0 Å². The average Bonchev–Trinajstić information content (AvgIpc) is 2.86. The molecule has 0 radical (unpaired) electrons. The summed E-state index contributed by atoms with van der Waals surface area (Å²) < 4.78 is 5.05. The lowest BCUT2D eigenvalue weighted by Gasteiger charge is -2.13. The number of furan rings is 1. The van der Waals surface area contributed by atoms with E-state index < -0.39 is 0 Å². The summed E-state index contributed by atoms with van der Waals surface area (Å²) in [7, 11) is 1.99. The molecule has 1 N–H and O–H groups in total. The molecule has 0 bridgehead atoms. The van der Waals surface area contributed by atoms with Gasteiger partial charge in [-0.15, -0.1) is 0 Å². The largest absolute Gasteiger partial charge is 0.472 e. The first-order valence-corrected chi connectivity index (χ1v) is 5.55. The molecule has 1 atom stereocenters. The minimum atomic E-state index is 0.388. The van der Waals surface area contributed by atoms with Gasteiger partial charge < -0.3 is 9.73 Å². The first kappa shape index (κ1) is 9.49. The monoisotopic (exact) mass is 207 g/mol. The Balaban J connectivity index is 2.08. The average molecular weight is 207 g/mol. The van der Waals surface area contributed by atoms with Gasteiger partial charge in [0, 0.05) is 6.04 Å². The Hall–Kier alpha value is -1.06. The Morgan fingerprint density at radius 3 is 3.00 bits per heavy atom.